The molecule has 0 aromatic carbocycles. The predicted molar refractivity (Wildman–Crippen MR) is 73.4 cm³/mol. The minimum absolute atomic E-state index is 0.0237. The Balaban J connectivity index is 2.18. The Kier molecular flexibility index (Phi) is 5.90. The van der Waals surface area contributed by atoms with Gasteiger partial charge in [0.2, 0.25) is 0 Å². The summed E-state index contributed by atoms with van der Waals surface area (Å²) in [5, 5.41) is 3.29. The van der Waals surface area contributed by atoms with Crippen LogP contribution in [0.15, 0.2) is 0 Å². The van der Waals surface area contributed by atoms with Crippen LogP contribution in [-0.2, 0) is 4.74 Å². The van der Waals surface area contributed by atoms with Crippen molar-refractivity contribution in [2.24, 2.45) is 0 Å². The molecular weight excluding hydrogens is 212 g/mol. The molecule has 0 amide bonds. The molecule has 2 atom stereocenters. The summed E-state index contributed by atoms with van der Waals surface area (Å²) in [5.74, 6) is 0. The highest BCUT2D eigenvalue weighted by atomic mass is 16.5. The molecule has 3 nitrogen and oxygen atoms in total. The highest BCUT2D eigenvalue weighted by Crippen LogP contribution is 2.21. The van der Waals surface area contributed by atoms with Crippen LogP contribution in [-0.4, -0.2) is 49.3 Å². The van der Waals surface area contributed by atoms with Gasteiger partial charge in [0, 0.05) is 19.1 Å². The third-order valence-corrected chi connectivity index (χ3v) is 3.49. The van der Waals surface area contributed by atoms with Crippen LogP contribution >= 0.6 is 0 Å². The van der Waals surface area contributed by atoms with Crippen LogP contribution < -0.4 is 5.32 Å². The molecule has 1 N–H and O–H groups in total. The Morgan fingerprint density at radius 2 is 2.12 bits per heavy atom. The number of hydrogen-bond acceptors (Lipinski definition) is 3. The van der Waals surface area contributed by atoms with E-state index < -0.39 is 0 Å². The Hall–Kier alpha value is -0.120. The molecule has 1 saturated heterocycles. The van der Waals surface area contributed by atoms with Crippen molar-refractivity contribution in [2.75, 3.05) is 26.7 Å². The van der Waals surface area contributed by atoms with Gasteiger partial charge < -0.3 is 10.1 Å². The van der Waals surface area contributed by atoms with Gasteiger partial charge in [-0.3, -0.25) is 4.90 Å². The zero-order chi connectivity index (χ0) is 12.9. The maximum absolute atomic E-state index is 5.91. The molecule has 0 aromatic rings. The van der Waals surface area contributed by atoms with Crippen molar-refractivity contribution in [3.8, 4) is 0 Å². The molecule has 1 aliphatic heterocycles. The number of ether oxygens (including phenoxy) is 1. The molecule has 0 radical (unpaired) electrons. The molecule has 0 aromatic heterocycles. The third kappa shape index (κ3) is 5.84. The van der Waals surface area contributed by atoms with E-state index in [9.17, 15) is 0 Å². The Morgan fingerprint density at radius 1 is 1.41 bits per heavy atom. The average molecular weight is 242 g/mol. The standard InChI is InChI=1S/C14H30N2O/c1-12(15-5)8-6-7-9-16-10-13(2)17-14(3,4)11-16/h12-13,15H,6-11H2,1-5H3. The summed E-state index contributed by atoms with van der Waals surface area (Å²) in [5.41, 5.74) is 0.0237. The minimum Gasteiger partial charge on any atom is -0.370 e. The highest BCUT2D eigenvalue weighted by Gasteiger charge is 2.30. The van der Waals surface area contributed by atoms with E-state index in [1.54, 1.807) is 0 Å². The maximum atomic E-state index is 5.91. The number of hydrogen-bond donors (Lipinski definition) is 1. The first kappa shape index (κ1) is 14.9. The molecule has 1 fully saturated rings. The Morgan fingerprint density at radius 3 is 2.71 bits per heavy atom. The van der Waals surface area contributed by atoms with Crippen molar-refractivity contribution in [1.82, 2.24) is 10.2 Å². The van der Waals surface area contributed by atoms with Crippen LogP contribution in [0.25, 0.3) is 0 Å². The maximum Gasteiger partial charge on any atom is 0.0757 e. The molecule has 102 valence electrons. The fraction of sp³-hybridized carbons (Fsp3) is 1.00. The van der Waals surface area contributed by atoms with Crippen LogP contribution in [0, 0.1) is 0 Å². The molecule has 1 rings (SSSR count). The molecule has 2 unspecified atom stereocenters. The van der Waals surface area contributed by atoms with Crippen LogP contribution in [0.3, 0.4) is 0 Å². The second-order valence-corrected chi connectivity index (χ2v) is 6.11. The van der Waals surface area contributed by atoms with Gasteiger partial charge >= 0.3 is 0 Å². The number of nitrogens with one attached hydrogen (secondary N) is 1. The van der Waals surface area contributed by atoms with Crippen molar-refractivity contribution < 1.29 is 4.74 Å². The summed E-state index contributed by atoms with van der Waals surface area (Å²) < 4.78 is 5.91. The lowest BCUT2D eigenvalue weighted by Gasteiger charge is -2.41. The summed E-state index contributed by atoms with van der Waals surface area (Å²) in [6.07, 6.45) is 4.26. The lowest BCUT2D eigenvalue weighted by Crippen LogP contribution is -2.51. The zero-order valence-corrected chi connectivity index (χ0v) is 12.3. The quantitative estimate of drug-likeness (QED) is 0.723. The lowest BCUT2D eigenvalue weighted by atomic mass is 10.0. The van der Waals surface area contributed by atoms with E-state index in [1.165, 1.54) is 25.8 Å². The molecule has 3 heteroatoms. The smallest absolute Gasteiger partial charge is 0.0757 e. The summed E-state index contributed by atoms with van der Waals surface area (Å²) in [7, 11) is 2.04. The Labute approximate surface area is 107 Å². The summed E-state index contributed by atoms with van der Waals surface area (Å²) in [6, 6.07) is 0.648. The first-order chi connectivity index (χ1) is 7.93. The van der Waals surface area contributed by atoms with Crippen molar-refractivity contribution >= 4 is 0 Å². The van der Waals surface area contributed by atoms with Gasteiger partial charge in [-0.2, -0.15) is 0 Å². The normalized spacial score (nSPS) is 27.0. The van der Waals surface area contributed by atoms with E-state index in [1.807, 2.05) is 7.05 Å². The van der Waals surface area contributed by atoms with Crippen molar-refractivity contribution in [3.05, 3.63) is 0 Å². The zero-order valence-electron chi connectivity index (χ0n) is 12.3. The van der Waals surface area contributed by atoms with E-state index >= 15 is 0 Å². The molecule has 0 spiro atoms. The van der Waals surface area contributed by atoms with Crippen molar-refractivity contribution in [1.29, 1.82) is 0 Å². The van der Waals surface area contributed by atoms with E-state index in [0.29, 0.717) is 12.1 Å². The van der Waals surface area contributed by atoms with E-state index in [2.05, 4.69) is 37.9 Å². The number of rotatable bonds is 6. The first-order valence-corrected chi connectivity index (χ1v) is 7.00. The second kappa shape index (κ2) is 6.72. The summed E-state index contributed by atoms with van der Waals surface area (Å²) in [4.78, 5) is 2.55. The largest absolute Gasteiger partial charge is 0.370 e. The fourth-order valence-corrected chi connectivity index (χ4v) is 2.69. The minimum atomic E-state index is 0.0237. The van der Waals surface area contributed by atoms with Crippen LogP contribution in [0.5, 0.6) is 0 Å². The van der Waals surface area contributed by atoms with Gasteiger partial charge in [0.05, 0.1) is 11.7 Å². The Bertz CT molecular complexity index is 218. The van der Waals surface area contributed by atoms with Crippen LogP contribution in [0.4, 0.5) is 0 Å². The number of unbranched alkanes of at least 4 members (excludes halogenated alkanes) is 1. The molecule has 17 heavy (non-hydrogen) atoms. The molecule has 1 heterocycles. The first-order valence-electron chi connectivity index (χ1n) is 7.00. The predicted octanol–water partition coefficient (Wildman–Crippen LogP) is 2.26. The number of morpholine rings is 1. The van der Waals surface area contributed by atoms with Crippen LogP contribution in [0.1, 0.15) is 47.0 Å². The van der Waals surface area contributed by atoms with Gasteiger partial charge in [-0.15, -0.1) is 0 Å². The summed E-state index contributed by atoms with van der Waals surface area (Å²) in [6.45, 7) is 12.2. The van der Waals surface area contributed by atoms with Gasteiger partial charge in [-0.1, -0.05) is 6.42 Å². The fourth-order valence-electron chi connectivity index (χ4n) is 2.69. The summed E-state index contributed by atoms with van der Waals surface area (Å²) >= 11 is 0. The van der Waals surface area contributed by atoms with Crippen LogP contribution in [0.2, 0.25) is 0 Å². The van der Waals surface area contributed by atoms with E-state index in [-0.39, 0.29) is 5.60 Å². The third-order valence-electron chi connectivity index (χ3n) is 3.49. The topological polar surface area (TPSA) is 24.5 Å². The molecule has 1 aliphatic rings. The van der Waals surface area contributed by atoms with Crippen molar-refractivity contribution in [2.45, 2.75) is 64.7 Å². The second-order valence-electron chi connectivity index (χ2n) is 6.11. The van der Waals surface area contributed by atoms with Gasteiger partial charge in [0.15, 0.2) is 0 Å². The van der Waals surface area contributed by atoms with Gasteiger partial charge in [-0.05, 0) is 54.1 Å². The number of nitrogens with zero attached hydrogens (tertiary/aromatic N) is 1. The monoisotopic (exact) mass is 242 g/mol. The van der Waals surface area contributed by atoms with Crippen molar-refractivity contribution in [3.63, 3.8) is 0 Å². The molecular formula is C14H30N2O. The molecule has 0 bridgehead atoms. The lowest BCUT2D eigenvalue weighted by molar-refractivity contribution is -0.128. The SMILES string of the molecule is CNC(C)CCCCN1CC(C)OC(C)(C)C1. The van der Waals surface area contributed by atoms with E-state index in [0.717, 1.165) is 13.1 Å². The van der Waals surface area contributed by atoms with Gasteiger partial charge in [0.1, 0.15) is 0 Å². The molecule has 0 saturated carbocycles. The highest BCUT2D eigenvalue weighted by molar-refractivity contribution is 4.82. The molecule has 0 aliphatic carbocycles. The average Bonchev–Trinajstić information content (AvgIpc) is 2.21. The van der Waals surface area contributed by atoms with Gasteiger partial charge in [0.25, 0.3) is 0 Å². The van der Waals surface area contributed by atoms with Gasteiger partial charge in [-0.25, -0.2) is 0 Å². The van der Waals surface area contributed by atoms with E-state index in [4.69, 9.17) is 4.74 Å².